The van der Waals surface area contributed by atoms with Gasteiger partial charge in [-0.25, -0.2) is 0 Å². The lowest BCUT2D eigenvalue weighted by Crippen LogP contribution is -2.18. The Morgan fingerprint density at radius 1 is 0.857 bits per heavy atom. The summed E-state index contributed by atoms with van der Waals surface area (Å²) in [5, 5.41) is 8.73. The van der Waals surface area contributed by atoms with Crippen molar-refractivity contribution in [2.75, 3.05) is 20.1 Å². The minimum atomic E-state index is -0.474. The summed E-state index contributed by atoms with van der Waals surface area (Å²) in [7, 11) is 3.33. The molecule has 21 heavy (non-hydrogen) atoms. The third-order valence-electron chi connectivity index (χ3n) is 3.51. The first-order valence-electron chi connectivity index (χ1n) is 6.60. The van der Waals surface area contributed by atoms with E-state index >= 15 is 0 Å². The second-order valence-corrected chi connectivity index (χ2v) is 5.75. The van der Waals surface area contributed by atoms with E-state index < -0.39 is 4.87 Å². The molecule has 0 unspecified atom stereocenters. The van der Waals surface area contributed by atoms with Crippen LogP contribution in [0.4, 0.5) is 0 Å². The summed E-state index contributed by atoms with van der Waals surface area (Å²) in [5.74, 6) is 2.34. The van der Waals surface area contributed by atoms with Gasteiger partial charge in [-0.1, -0.05) is 36.0 Å². The Labute approximate surface area is 128 Å². The average molecular weight is 300 g/mol. The van der Waals surface area contributed by atoms with Crippen LogP contribution >= 0.6 is 11.8 Å². The van der Waals surface area contributed by atoms with Crippen LogP contribution in [0, 0.1) is 0 Å². The SMILES string of the molecule is COc1ccc(C2(c3ccc(OC)cc3)N=NCS2)cc1. The molecule has 2 aromatic carbocycles. The van der Waals surface area contributed by atoms with E-state index in [0.717, 1.165) is 22.6 Å². The van der Waals surface area contributed by atoms with E-state index in [1.54, 1.807) is 26.0 Å². The second kappa shape index (κ2) is 5.77. The Morgan fingerprint density at radius 3 is 1.67 bits per heavy atom. The molecular weight excluding hydrogens is 284 g/mol. The first-order chi connectivity index (χ1) is 10.3. The van der Waals surface area contributed by atoms with Gasteiger partial charge in [-0.3, -0.25) is 0 Å². The third kappa shape index (κ3) is 2.49. The summed E-state index contributed by atoms with van der Waals surface area (Å²) in [6.07, 6.45) is 0. The lowest BCUT2D eigenvalue weighted by Gasteiger charge is -2.25. The van der Waals surface area contributed by atoms with Gasteiger partial charge in [0.2, 0.25) is 0 Å². The fourth-order valence-corrected chi connectivity index (χ4v) is 3.39. The molecule has 0 saturated carbocycles. The lowest BCUT2D eigenvalue weighted by atomic mass is 9.98. The molecule has 0 N–H and O–H groups in total. The molecule has 0 radical (unpaired) electrons. The maximum absolute atomic E-state index is 5.22. The summed E-state index contributed by atoms with van der Waals surface area (Å²) >= 11 is 1.71. The molecule has 5 heteroatoms. The smallest absolute Gasteiger partial charge is 0.179 e. The molecule has 0 atom stereocenters. The van der Waals surface area contributed by atoms with Crippen molar-refractivity contribution in [3.8, 4) is 11.5 Å². The van der Waals surface area contributed by atoms with Crippen LogP contribution in [0.3, 0.4) is 0 Å². The van der Waals surface area contributed by atoms with Gasteiger partial charge in [-0.2, -0.15) is 10.2 Å². The highest BCUT2D eigenvalue weighted by Crippen LogP contribution is 2.48. The van der Waals surface area contributed by atoms with Gasteiger partial charge in [-0.05, 0) is 35.4 Å². The Kier molecular flexibility index (Phi) is 3.84. The fraction of sp³-hybridized carbons (Fsp3) is 0.250. The van der Waals surface area contributed by atoms with Gasteiger partial charge >= 0.3 is 0 Å². The first-order valence-corrected chi connectivity index (χ1v) is 7.59. The number of ether oxygens (including phenoxy) is 2. The molecule has 1 heterocycles. The summed E-state index contributed by atoms with van der Waals surface area (Å²) in [6.45, 7) is 0. The Bertz CT molecular complexity index is 591. The molecular formula is C16H16N2O2S. The Morgan fingerprint density at radius 2 is 1.33 bits per heavy atom. The van der Waals surface area contributed by atoms with E-state index in [-0.39, 0.29) is 0 Å². The Balaban J connectivity index is 2.03. The van der Waals surface area contributed by atoms with Crippen LogP contribution in [-0.2, 0) is 4.87 Å². The van der Waals surface area contributed by atoms with E-state index in [9.17, 15) is 0 Å². The highest BCUT2D eigenvalue weighted by Gasteiger charge is 2.38. The molecule has 108 valence electrons. The van der Waals surface area contributed by atoms with Crippen LogP contribution in [0.1, 0.15) is 11.1 Å². The standard InChI is InChI=1S/C16H16N2O2S/c1-19-14-7-3-12(4-8-14)16(18-17-11-21-16)13-5-9-15(20-2)10-6-13/h3-10H,11H2,1-2H3. The summed E-state index contributed by atoms with van der Waals surface area (Å²) in [4.78, 5) is -0.474. The quantitative estimate of drug-likeness (QED) is 0.855. The van der Waals surface area contributed by atoms with Crippen LogP contribution in [0.25, 0.3) is 0 Å². The zero-order chi connectivity index (χ0) is 14.7. The lowest BCUT2D eigenvalue weighted by molar-refractivity contribution is 0.414. The summed E-state index contributed by atoms with van der Waals surface area (Å²) in [5.41, 5.74) is 2.19. The van der Waals surface area contributed by atoms with Crippen molar-refractivity contribution in [3.63, 3.8) is 0 Å². The molecule has 1 aliphatic heterocycles. The topological polar surface area (TPSA) is 43.2 Å². The summed E-state index contributed by atoms with van der Waals surface area (Å²) < 4.78 is 10.4. The first kappa shape index (κ1) is 13.9. The number of thioether (sulfide) groups is 1. The number of rotatable bonds is 4. The van der Waals surface area contributed by atoms with E-state index in [0.29, 0.717) is 5.88 Å². The van der Waals surface area contributed by atoms with Gasteiger partial charge in [0.05, 0.1) is 14.2 Å². The molecule has 0 saturated heterocycles. The molecule has 0 amide bonds. The summed E-state index contributed by atoms with van der Waals surface area (Å²) in [6, 6.07) is 16.0. The monoisotopic (exact) mass is 300 g/mol. The highest BCUT2D eigenvalue weighted by molar-refractivity contribution is 8.00. The van der Waals surface area contributed by atoms with E-state index in [4.69, 9.17) is 9.47 Å². The van der Waals surface area contributed by atoms with Crippen molar-refractivity contribution in [3.05, 3.63) is 59.7 Å². The zero-order valence-electron chi connectivity index (χ0n) is 11.9. The van der Waals surface area contributed by atoms with Gasteiger partial charge in [0.25, 0.3) is 0 Å². The minimum absolute atomic E-state index is 0.474. The number of hydrogen-bond acceptors (Lipinski definition) is 5. The number of azo groups is 1. The molecule has 0 fully saturated rings. The maximum atomic E-state index is 5.22. The molecule has 2 aromatic rings. The van der Waals surface area contributed by atoms with Crippen LogP contribution in [0.15, 0.2) is 58.8 Å². The minimum Gasteiger partial charge on any atom is -0.497 e. The molecule has 3 rings (SSSR count). The molecule has 1 aliphatic rings. The second-order valence-electron chi connectivity index (χ2n) is 4.62. The number of methoxy groups -OCH3 is 2. The van der Waals surface area contributed by atoms with Gasteiger partial charge in [-0.15, -0.1) is 0 Å². The van der Waals surface area contributed by atoms with E-state index in [1.807, 2.05) is 48.5 Å². The number of nitrogens with zero attached hydrogens (tertiary/aromatic N) is 2. The Hall–Kier alpha value is -2.01. The van der Waals surface area contributed by atoms with Gasteiger partial charge in [0, 0.05) is 0 Å². The van der Waals surface area contributed by atoms with Crippen molar-refractivity contribution < 1.29 is 9.47 Å². The highest BCUT2D eigenvalue weighted by atomic mass is 32.2. The molecule has 0 aliphatic carbocycles. The average Bonchev–Trinajstić information content (AvgIpc) is 3.06. The number of hydrogen-bond donors (Lipinski definition) is 0. The maximum Gasteiger partial charge on any atom is 0.179 e. The van der Waals surface area contributed by atoms with Crippen molar-refractivity contribution in [1.82, 2.24) is 0 Å². The zero-order valence-corrected chi connectivity index (χ0v) is 12.8. The molecule has 4 nitrogen and oxygen atoms in total. The van der Waals surface area contributed by atoms with Crippen molar-refractivity contribution >= 4 is 11.8 Å². The van der Waals surface area contributed by atoms with Crippen molar-refractivity contribution in [1.29, 1.82) is 0 Å². The van der Waals surface area contributed by atoms with Crippen LogP contribution < -0.4 is 9.47 Å². The fourth-order valence-electron chi connectivity index (χ4n) is 2.36. The molecule has 0 spiro atoms. The molecule has 0 bridgehead atoms. The van der Waals surface area contributed by atoms with E-state index in [1.165, 1.54) is 0 Å². The molecule has 0 aromatic heterocycles. The van der Waals surface area contributed by atoms with E-state index in [2.05, 4.69) is 10.2 Å². The largest absolute Gasteiger partial charge is 0.497 e. The normalized spacial score (nSPS) is 15.9. The predicted octanol–water partition coefficient (Wildman–Crippen LogP) is 4.06. The predicted molar refractivity (Wildman–Crippen MR) is 84.1 cm³/mol. The van der Waals surface area contributed by atoms with Crippen LogP contribution in [0.5, 0.6) is 11.5 Å². The number of benzene rings is 2. The van der Waals surface area contributed by atoms with Gasteiger partial charge in [0.1, 0.15) is 17.4 Å². The van der Waals surface area contributed by atoms with Crippen LogP contribution in [0.2, 0.25) is 0 Å². The van der Waals surface area contributed by atoms with Crippen molar-refractivity contribution in [2.45, 2.75) is 4.87 Å². The van der Waals surface area contributed by atoms with Crippen LogP contribution in [-0.4, -0.2) is 20.1 Å². The van der Waals surface area contributed by atoms with Crippen molar-refractivity contribution in [2.24, 2.45) is 10.2 Å². The third-order valence-corrected chi connectivity index (χ3v) is 4.72. The van der Waals surface area contributed by atoms with Gasteiger partial charge < -0.3 is 9.47 Å². The van der Waals surface area contributed by atoms with Gasteiger partial charge in [0.15, 0.2) is 4.87 Å².